The quantitative estimate of drug-likeness (QED) is 0.813. The highest BCUT2D eigenvalue weighted by Crippen LogP contribution is 2.35. The molecule has 1 fully saturated rings. The molecule has 6 nitrogen and oxygen atoms in total. The van der Waals surface area contributed by atoms with Gasteiger partial charge in [-0.15, -0.1) is 0 Å². The molecule has 0 radical (unpaired) electrons. The number of benzene rings is 1. The van der Waals surface area contributed by atoms with Crippen LogP contribution in [0.1, 0.15) is 17.5 Å². The number of alkyl halides is 3. The summed E-state index contributed by atoms with van der Waals surface area (Å²) < 4.78 is 49.9. The Morgan fingerprint density at radius 2 is 2.00 bits per heavy atom. The van der Waals surface area contributed by atoms with E-state index in [0.717, 1.165) is 11.6 Å². The summed E-state index contributed by atoms with van der Waals surface area (Å²) in [5, 5.41) is 9.00. The molecule has 2 heterocycles. The molecule has 1 atom stereocenters. The zero-order valence-corrected chi connectivity index (χ0v) is 14.9. The van der Waals surface area contributed by atoms with Crippen LogP contribution >= 0.6 is 0 Å². The lowest BCUT2D eigenvalue weighted by atomic mass is 10.2. The van der Waals surface area contributed by atoms with E-state index in [4.69, 9.17) is 14.6 Å². The monoisotopic (exact) mass is 396 g/mol. The number of hydrogen-bond acceptors (Lipinski definition) is 5. The summed E-state index contributed by atoms with van der Waals surface area (Å²) in [4.78, 5) is 17.4. The SMILES string of the molecule is O=C(COc1ccc(CO)cc1)N1CC[C@H](Oc2ncccc2C(F)(F)F)C1. The molecule has 0 saturated carbocycles. The first-order valence-corrected chi connectivity index (χ1v) is 8.66. The zero-order chi connectivity index (χ0) is 20.1. The minimum atomic E-state index is -4.56. The van der Waals surface area contributed by atoms with Crippen molar-refractivity contribution in [1.29, 1.82) is 0 Å². The molecular weight excluding hydrogens is 377 g/mol. The molecule has 1 aliphatic rings. The number of halogens is 3. The van der Waals surface area contributed by atoms with Crippen molar-refractivity contribution >= 4 is 5.91 Å². The van der Waals surface area contributed by atoms with Crippen LogP contribution in [-0.2, 0) is 17.6 Å². The van der Waals surface area contributed by atoms with E-state index in [0.29, 0.717) is 18.7 Å². The van der Waals surface area contributed by atoms with Gasteiger partial charge in [-0.3, -0.25) is 4.79 Å². The summed E-state index contributed by atoms with van der Waals surface area (Å²) in [6, 6.07) is 8.78. The van der Waals surface area contributed by atoms with E-state index in [1.165, 1.54) is 17.2 Å². The van der Waals surface area contributed by atoms with E-state index in [9.17, 15) is 18.0 Å². The van der Waals surface area contributed by atoms with Crippen LogP contribution < -0.4 is 9.47 Å². The molecule has 1 aromatic carbocycles. The molecule has 1 aromatic heterocycles. The van der Waals surface area contributed by atoms with Gasteiger partial charge >= 0.3 is 6.18 Å². The van der Waals surface area contributed by atoms with Gasteiger partial charge in [-0.2, -0.15) is 13.2 Å². The first-order chi connectivity index (χ1) is 13.4. The van der Waals surface area contributed by atoms with Crippen molar-refractivity contribution in [2.75, 3.05) is 19.7 Å². The number of rotatable bonds is 6. The molecule has 0 unspecified atom stereocenters. The number of aromatic nitrogens is 1. The highest BCUT2D eigenvalue weighted by molar-refractivity contribution is 5.78. The molecule has 0 aliphatic carbocycles. The molecule has 28 heavy (non-hydrogen) atoms. The first-order valence-electron chi connectivity index (χ1n) is 8.66. The Labute approximate surface area is 159 Å². The Morgan fingerprint density at radius 3 is 2.68 bits per heavy atom. The summed E-state index contributed by atoms with van der Waals surface area (Å²) in [5.74, 6) is -0.273. The van der Waals surface area contributed by atoms with E-state index in [1.54, 1.807) is 24.3 Å². The van der Waals surface area contributed by atoms with E-state index in [1.807, 2.05) is 0 Å². The minimum absolute atomic E-state index is 0.0826. The van der Waals surface area contributed by atoms with Crippen molar-refractivity contribution in [2.45, 2.75) is 25.3 Å². The van der Waals surface area contributed by atoms with Gasteiger partial charge in [0, 0.05) is 19.2 Å². The van der Waals surface area contributed by atoms with Crippen molar-refractivity contribution in [3.8, 4) is 11.6 Å². The second-order valence-electron chi connectivity index (χ2n) is 6.31. The Hall–Kier alpha value is -2.81. The number of likely N-dealkylation sites (tertiary alicyclic amines) is 1. The van der Waals surface area contributed by atoms with Gasteiger partial charge in [-0.05, 0) is 29.8 Å². The van der Waals surface area contributed by atoms with Gasteiger partial charge in [0.1, 0.15) is 17.4 Å². The highest BCUT2D eigenvalue weighted by atomic mass is 19.4. The second kappa shape index (κ2) is 8.47. The van der Waals surface area contributed by atoms with Crippen molar-refractivity contribution in [2.24, 2.45) is 0 Å². The van der Waals surface area contributed by atoms with Gasteiger partial charge in [0.2, 0.25) is 5.88 Å². The lowest BCUT2D eigenvalue weighted by Crippen LogP contribution is -2.34. The highest BCUT2D eigenvalue weighted by Gasteiger charge is 2.37. The third-order valence-corrected chi connectivity index (χ3v) is 4.32. The van der Waals surface area contributed by atoms with Gasteiger partial charge in [0.05, 0.1) is 13.2 Å². The largest absolute Gasteiger partial charge is 0.484 e. The lowest BCUT2D eigenvalue weighted by molar-refractivity contribution is -0.140. The lowest BCUT2D eigenvalue weighted by Gasteiger charge is -2.18. The average molecular weight is 396 g/mol. The molecule has 150 valence electrons. The van der Waals surface area contributed by atoms with Gasteiger partial charge in [-0.1, -0.05) is 12.1 Å². The predicted molar refractivity (Wildman–Crippen MR) is 92.7 cm³/mol. The van der Waals surface area contributed by atoms with E-state index < -0.39 is 23.7 Å². The molecule has 3 rings (SSSR count). The molecule has 1 aliphatic heterocycles. The van der Waals surface area contributed by atoms with E-state index >= 15 is 0 Å². The number of hydrogen-bond donors (Lipinski definition) is 1. The summed E-state index contributed by atoms with van der Waals surface area (Å²) in [7, 11) is 0. The predicted octanol–water partition coefficient (Wildman–Crippen LogP) is 2.65. The average Bonchev–Trinajstić information content (AvgIpc) is 3.14. The van der Waals surface area contributed by atoms with Gasteiger partial charge in [-0.25, -0.2) is 4.98 Å². The summed E-state index contributed by atoms with van der Waals surface area (Å²) in [5.41, 5.74) is -0.208. The fourth-order valence-corrected chi connectivity index (χ4v) is 2.84. The Morgan fingerprint density at radius 1 is 1.25 bits per heavy atom. The fraction of sp³-hybridized carbons (Fsp3) is 0.368. The van der Waals surface area contributed by atoms with Crippen molar-refractivity contribution in [1.82, 2.24) is 9.88 Å². The normalized spacial score (nSPS) is 16.9. The number of carbonyl (C=O) groups excluding carboxylic acids is 1. The molecule has 1 amide bonds. The number of carbonyl (C=O) groups is 1. The molecule has 1 saturated heterocycles. The zero-order valence-electron chi connectivity index (χ0n) is 14.9. The number of aliphatic hydroxyl groups is 1. The summed E-state index contributed by atoms with van der Waals surface area (Å²) >= 11 is 0. The number of amides is 1. The summed E-state index contributed by atoms with van der Waals surface area (Å²) in [6.45, 7) is 0.257. The number of nitrogens with zero attached hydrogens (tertiary/aromatic N) is 2. The van der Waals surface area contributed by atoms with E-state index in [2.05, 4.69) is 4.98 Å². The first kappa shape index (κ1) is 19.9. The van der Waals surface area contributed by atoms with Gasteiger partial charge < -0.3 is 19.5 Å². The Kier molecular flexibility index (Phi) is 6.03. The maximum atomic E-state index is 13.0. The van der Waals surface area contributed by atoms with Crippen LogP contribution in [0.4, 0.5) is 13.2 Å². The molecule has 1 N–H and O–H groups in total. The minimum Gasteiger partial charge on any atom is -0.484 e. The van der Waals surface area contributed by atoms with Crippen LogP contribution in [0.5, 0.6) is 11.6 Å². The number of aliphatic hydroxyl groups excluding tert-OH is 1. The van der Waals surface area contributed by atoms with Crippen LogP contribution in [0, 0.1) is 0 Å². The van der Waals surface area contributed by atoms with Gasteiger partial charge in [0.25, 0.3) is 5.91 Å². The molecule has 2 aromatic rings. The third kappa shape index (κ3) is 4.92. The van der Waals surface area contributed by atoms with Gasteiger partial charge in [0.15, 0.2) is 6.61 Å². The summed E-state index contributed by atoms with van der Waals surface area (Å²) in [6.07, 6.45) is -3.48. The maximum absolute atomic E-state index is 13.0. The van der Waals surface area contributed by atoms with Crippen molar-refractivity contribution < 1.29 is 32.5 Å². The van der Waals surface area contributed by atoms with Crippen LogP contribution in [-0.4, -0.2) is 46.7 Å². The second-order valence-corrected chi connectivity index (χ2v) is 6.31. The Bertz CT molecular complexity index is 812. The topological polar surface area (TPSA) is 71.9 Å². The Balaban J connectivity index is 1.53. The fourth-order valence-electron chi connectivity index (χ4n) is 2.84. The molecule has 0 spiro atoms. The molecular formula is C19H19F3N2O4. The van der Waals surface area contributed by atoms with Crippen molar-refractivity contribution in [3.63, 3.8) is 0 Å². The molecule has 9 heteroatoms. The van der Waals surface area contributed by atoms with Crippen LogP contribution in [0.25, 0.3) is 0 Å². The number of ether oxygens (including phenoxy) is 2. The van der Waals surface area contributed by atoms with Crippen LogP contribution in [0.3, 0.4) is 0 Å². The smallest absolute Gasteiger partial charge is 0.421 e. The van der Waals surface area contributed by atoms with Crippen molar-refractivity contribution in [3.05, 3.63) is 53.7 Å². The van der Waals surface area contributed by atoms with Crippen LogP contribution in [0.2, 0.25) is 0 Å². The third-order valence-electron chi connectivity index (χ3n) is 4.32. The van der Waals surface area contributed by atoms with E-state index in [-0.39, 0.29) is 25.7 Å². The van der Waals surface area contributed by atoms with Crippen LogP contribution in [0.15, 0.2) is 42.6 Å². The molecule has 0 bridgehead atoms. The standard InChI is InChI=1S/C19H19F3N2O4/c20-19(21,22)16-2-1-8-23-18(16)28-15-7-9-24(10-15)17(26)12-27-14-5-3-13(11-25)4-6-14/h1-6,8,15,25H,7,9-12H2/t15-/m0/s1. The number of pyridine rings is 1. The maximum Gasteiger partial charge on any atom is 0.421 e.